The van der Waals surface area contributed by atoms with Crippen molar-refractivity contribution in [1.82, 2.24) is 13.8 Å². The van der Waals surface area contributed by atoms with Crippen LogP contribution in [0.3, 0.4) is 0 Å². The summed E-state index contributed by atoms with van der Waals surface area (Å²) in [6.07, 6.45) is 4.98. The van der Waals surface area contributed by atoms with E-state index in [-0.39, 0.29) is 54.7 Å². The van der Waals surface area contributed by atoms with Crippen LogP contribution >= 0.6 is 0 Å². The van der Waals surface area contributed by atoms with E-state index in [9.17, 15) is 23.1 Å². The third-order valence-electron chi connectivity index (χ3n) is 7.83. The maximum absolute atomic E-state index is 13.4. The smallest absolute Gasteiger partial charge is 0.288 e. The molecule has 1 fully saturated rings. The van der Waals surface area contributed by atoms with Crippen LogP contribution in [0.2, 0.25) is 0 Å². The first-order valence-corrected chi connectivity index (χ1v) is 15.8. The third-order valence-corrected chi connectivity index (χ3v) is 9.75. The quantitative estimate of drug-likeness (QED) is 0.350. The first-order valence-electron chi connectivity index (χ1n) is 14.4. The molecule has 3 heterocycles. The van der Waals surface area contributed by atoms with Crippen molar-refractivity contribution in [3.63, 3.8) is 0 Å². The average Bonchev–Trinajstić information content (AvgIpc) is 3.69. The molecule has 0 bridgehead atoms. The molecule has 2 aromatic carbocycles. The Kier molecular flexibility index (Phi) is 9.50. The van der Waals surface area contributed by atoms with E-state index >= 15 is 0 Å². The second-order valence-corrected chi connectivity index (χ2v) is 12.5. The highest BCUT2D eigenvalue weighted by molar-refractivity contribution is 7.89. The van der Waals surface area contributed by atoms with E-state index in [4.69, 9.17) is 14.2 Å². The summed E-state index contributed by atoms with van der Waals surface area (Å²) in [6.45, 7) is 2.25. The molecule has 1 N–H and O–H groups in total. The van der Waals surface area contributed by atoms with Crippen LogP contribution < -0.4 is 4.74 Å². The van der Waals surface area contributed by atoms with Crippen molar-refractivity contribution in [3.05, 3.63) is 72.1 Å². The highest BCUT2D eigenvalue weighted by Crippen LogP contribution is 2.37. The number of rotatable bonds is 11. The van der Waals surface area contributed by atoms with Gasteiger partial charge in [0.05, 0.1) is 30.7 Å². The Balaban J connectivity index is 1.36. The Labute approximate surface area is 251 Å². The molecule has 2 aliphatic heterocycles. The number of allylic oxidation sites excluding steroid dienone is 1. The van der Waals surface area contributed by atoms with Crippen LogP contribution in [-0.2, 0) is 24.3 Å². The van der Waals surface area contributed by atoms with Gasteiger partial charge in [-0.05, 0) is 54.8 Å². The predicted molar refractivity (Wildman–Crippen MR) is 159 cm³/mol. The molecule has 230 valence electrons. The summed E-state index contributed by atoms with van der Waals surface area (Å²) < 4.78 is 46.6. The van der Waals surface area contributed by atoms with E-state index in [1.54, 1.807) is 33.9 Å². The third kappa shape index (κ3) is 6.62. The number of fused-ring (bicyclic) bond motifs is 1. The zero-order valence-electron chi connectivity index (χ0n) is 24.3. The van der Waals surface area contributed by atoms with Gasteiger partial charge in [0, 0.05) is 57.0 Å². The zero-order valence-corrected chi connectivity index (χ0v) is 25.2. The Morgan fingerprint density at radius 3 is 2.47 bits per heavy atom. The fourth-order valence-corrected chi connectivity index (χ4v) is 7.03. The fraction of sp³-hybridized carbons (Fsp3) is 0.419. The molecule has 43 heavy (non-hydrogen) atoms. The summed E-state index contributed by atoms with van der Waals surface area (Å²) in [6, 6.07) is 13.6. The van der Waals surface area contributed by atoms with Crippen LogP contribution in [0.25, 0.3) is 10.9 Å². The average molecular weight is 612 g/mol. The summed E-state index contributed by atoms with van der Waals surface area (Å²) in [5.41, 5.74) is 1.65. The molecule has 0 saturated carbocycles. The van der Waals surface area contributed by atoms with E-state index < -0.39 is 16.3 Å². The Hall–Kier alpha value is -3.71. The molecule has 0 radical (unpaired) electrons. The first-order chi connectivity index (χ1) is 20.7. The summed E-state index contributed by atoms with van der Waals surface area (Å²) in [4.78, 5) is 27.6. The number of likely N-dealkylation sites (tertiary alicyclic amines) is 1. The lowest BCUT2D eigenvalue weighted by atomic mass is 9.92. The summed E-state index contributed by atoms with van der Waals surface area (Å²) in [7, 11) is -2.42. The van der Waals surface area contributed by atoms with Gasteiger partial charge in [0.25, 0.3) is 5.91 Å². The van der Waals surface area contributed by atoms with Crippen molar-refractivity contribution in [2.45, 2.75) is 43.3 Å². The van der Waals surface area contributed by atoms with Crippen LogP contribution in [0, 0.1) is 0 Å². The molecule has 3 aromatic rings. The number of para-hydroxylation sites is 1. The monoisotopic (exact) mass is 611 g/mol. The van der Waals surface area contributed by atoms with Gasteiger partial charge in [-0.1, -0.05) is 18.2 Å². The molecule has 1 saturated heterocycles. The van der Waals surface area contributed by atoms with Crippen molar-refractivity contribution < 1.29 is 37.3 Å². The van der Waals surface area contributed by atoms with E-state index in [1.165, 1.54) is 26.2 Å². The summed E-state index contributed by atoms with van der Waals surface area (Å²) in [5, 5.41) is 10.5. The molecular formula is C31H37N3O8S. The number of hydrogen-bond acceptors (Lipinski definition) is 8. The lowest BCUT2D eigenvalue weighted by molar-refractivity contribution is -0.152. The van der Waals surface area contributed by atoms with Gasteiger partial charge in [0.2, 0.25) is 22.2 Å². The van der Waals surface area contributed by atoms with Gasteiger partial charge >= 0.3 is 0 Å². The minimum Gasteiger partial charge on any atom is -0.497 e. The Morgan fingerprint density at radius 2 is 1.79 bits per heavy atom. The molecule has 1 amide bonds. The molecule has 11 nitrogen and oxygen atoms in total. The van der Waals surface area contributed by atoms with Crippen molar-refractivity contribution in [2.75, 3.05) is 46.5 Å². The van der Waals surface area contributed by atoms with Gasteiger partial charge < -0.3 is 24.2 Å². The Bertz CT molecular complexity index is 1590. The number of nitrogens with zero attached hydrogens (tertiary/aromatic N) is 3. The lowest BCUT2D eigenvalue weighted by Crippen LogP contribution is -2.38. The van der Waals surface area contributed by atoms with Crippen molar-refractivity contribution >= 4 is 32.7 Å². The lowest BCUT2D eigenvalue weighted by Gasteiger charge is -2.31. The van der Waals surface area contributed by atoms with Crippen LogP contribution in [0.5, 0.6) is 5.75 Å². The van der Waals surface area contributed by atoms with Crippen LogP contribution in [0.4, 0.5) is 0 Å². The largest absolute Gasteiger partial charge is 0.497 e. The number of ether oxygens (including phenoxy) is 3. The van der Waals surface area contributed by atoms with Gasteiger partial charge in [0.1, 0.15) is 5.75 Å². The number of hydrogen-bond donors (Lipinski definition) is 1. The van der Waals surface area contributed by atoms with E-state index in [2.05, 4.69) is 0 Å². The van der Waals surface area contributed by atoms with Crippen LogP contribution in [0.1, 0.15) is 42.5 Å². The number of carbonyl (C=O) groups excluding carboxylic acids is 2. The van der Waals surface area contributed by atoms with Gasteiger partial charge in [-0.2, -0.15) is 4.31 Å². The zero-order chi connectivity index (χ0) is 30.6. The fourth-order valence-electron chi connectivity index (χ4n) is 5.61. The van der Waals surface area contributed by atoms with Crippen molar-refractivity contribution in [2.24, 2.45) is 0 Å². The summed E-state index contributed by atoms with van der Waals surface area (Å²) >= 11 is 0. The van der Waals surface area contributed by atoms with E-state index in [0.717, 1.165) is 33.6 Å². The van der Waals surface area contributed by atoms with Crippen LogP contribution in [-0.4, -0.2) is 91.9 Å². The molecular weight excluding hydrogens is 574 g/mol. The number of carbonyl (C=O) groups is 2. The summed E-state index contributed by atoms with van der Waals surface area (Å²) in [5.74, 6) is 0.0822. The molecule has 0 aliphatic carbocycles. The number of benzene rings is 2. The van der Waals surface area contributed by atoms with Crippen molar-refractivity contribution in [1.29, 1.82) is 0 Å². The molecule has 12 heteroatoms. The standard InChI is InChI=1S/C31H37N3O8S/c1-22(36)34-21-27(26-7-3-4-8-28(26)34)23-19-29(31(37)32-13-5-6-14-32)42-30(20-23)41-18-16-33(15-17-35)43(38,39)25-11-9-24(40-2)10-12-25/h3-4,7-12,19,21,23,30,35H,5-6,13-18,20H2,1-2H3/t23-,30+/m0/s1. The minimum absolute atomic E-state index is 0.0346. The van der Waals surface area contributed by atoms with Gasteiger partial charge in [-0.15, -0.1) is 0 Å². The highest BCUT2D eigenvalue weighted by atomic mass is 32.2. The van der Waals surface area contributed by atoms with Gasteiger partial charge in [-0.3, -0.25) is 14.2 Å². The molecule has 0 spiro atoms. The molecule has 2 atom stereocenters. The maximum atomic E-state index is 13.4. The van der Waals surface area contributed by atoms with Gasteiger partial charge in [-0.25, -0.2) is 8.42 Å². The number of aliphatic hydroxyl groups excluding tert-OH is 1. The SMILES string of the molecule is COc1ccc(S(=O)(=O)N(CCO)CCO[C@H]2C[C@@H](c3cn(C(C)=O)c4ccccc34)C=C(C(=O)N3CCCC3)O2)cc1. The first kappa shape index (κ1) is 30.7. The minimum atomic E-state index is -3.92. The molecule has 5 rings (SSSR count). The maximum Gasteiger partial charge on any atom is 0.288 e. The second kappa shape index (κ2) is 13.3. The number of amides is 1. The van der Waals surface area contributed by atoms with E-state index in [0.29, 0.717) is 25.3 Å². The van der Waals surface area contributed by atoms with Crippen molar-refractivity contribution in [3.8, 4) is 5.75 Å². The molecule has 0 unspecified atom stereocenters. The van der Waals surface area contributed by atoms with E-state index in [1.807, 2.05) is 24.3 Å². The Morgan fingerprint density at radius 1 is 1.07 bits per heavy atom. The number of aromatic nitrogens is 1. The normalized spacial score (nSPS) is 19.0. The van der Waals surface area contributed by atoms with Crippen LogP contribution in [0.15, 0.2) is 71.5 Å². The second-order valence-electron chi connectivity index (χ2n) is 10.6. The topological polar surface area (TPSA) is 128 Å². The predicted octanol–water partition coefficient (Wildman–Crippen LogP) is 3.35. The molecule has 2 aliphatic rings. The van der Waals surface area contributed by atoms with Gasteiger partial charge in [0.15, 0.2) is 5.76 Å². The molecule has 1 aromatic heterocycles. The number of methoxy groups -OCH3 is 1. The number of aliphatic hydroxyl groups is 1. The number of sulfonamides is 1. The highest BCUT2D eigenvalue weighted by Gasteiger charge is 2.34.